The molecule has 0 spiro atoms. The van der Waals surface area contributed by atoms with Crippen LogP contribution in [0.5, 0.6) is 0 Å². The summed E-state index contributed by atoms with van der Waals surface area (Å²) in [5.74, 6) is -0.869. The van der Waals surface area contributed by atoms with Crippen molar-refractivity contribution in [3.8, 4) is 0 Å². The Morgan fingerprint density at radius 2 is 1.97 bits per heavy atom. The molecule has 1 saturated heterocycles. The van der Waals surface area contributed by atoms with Crippen molar-refractivity contribution in [2.45, 2.75) is 32.4 Å². The lowest BCUT2D eigenvalue weighted by atomic mass is 9.88. The molecule has 0 aromatic heterocycles. The molecule has 2 aromatic carbocycles. The van der Waals surface area contributed by atoms with E-state index >= 15 is 0 Å². The molecular weight excluding hydrogens is 371 g/mol. The summed E-state index contributed by atoms with van der Waals surface area (Å²) in [5, 5.41) is 2.88. The molecule has 2 atom stereocenters. The maximum atomic E-state index is 13.3. The lowest BCUT2D eigenvalue weighted by molar-refractivity contribution is -0.142. The molecule has 1 aliphatic heterocycles. The predicted molar refractivity (Wildman–Crippen MR) is 108 cm³/mol. The largest absolute Gasteiger partial charge is 0.375 e. The van der Waals surface area contributed by atoms with Gasteiger partial charge in [-0.3, -0.25) is 9.59 Å². The van der Waals surface area contributed by atoms with Gasteiger partial charge in [0.25, 0.3) is 0 Å². The first-order chi connectivity index (χ1) is 14.0. The fourth-order valence-corrected chi connectivity index (χ4v) is 3.87. The van der Waals surface area contributed by atoms with Crippen molar-refractivity contribution in [1.29, 1.82) is 0 Å². The summed E-state index contributed by atoms with van der Waals surface area (Å²) in [6.45, 7) is 2.62. The number of aryl methyl sites for hydroxylation is 1. The number of rotatable bonds is 6. The number of carbonyl (C=O) groups excluding carboxylic acids is 2. The van der Waals surface area contributed by atoms with E-state index in [1.54, 1.807) is 17.0 Å². The fraction of sp³-hybridized carbons (Fsp3) is 0.391. The zero-order valence-corrected chi connectivity index (χ0v) is 16.9. The van der Waals surface area contributed by atoms with Crippen LogP contribution in [0.4, 0.5) is 4.39 Å². The molecule has 0 saturated carbocycles. The number of hydrogen-bond acceptors (Lipinski definition) is 3. The number of likely N-dealkylation sites (tertiary alicyclic amines) is 1. The Bertz CT molecular complexity index is 871. The minimum absolute atomic E-state index is 0.0139. The molecule has 0 radical (unpaired) electrons. The van der Waals surface area contributed by atoms with E-state index in [-0.39, 0.29) is 42.7 Å². The predicted octanol–water partition coefficient (Wildman–Crippen LogP) is 3.38. The minimum Gasteiger partial charge on any atom is -0.375 e. The minimum atomic E-state index is -0.327. The van der Waals surface area contributed by atoms with Crippen LogP contribution in [0.3, 0.4) is 0 Å². The monoisotopic (exact) mass is 398 g/mol. The normalized spacial score (nSPS) is 19.1. The lowest BCUT2D eigenvalue weighted by Crippen LogP contribution is -2.47. The first-order valence-corrected chi connectivity index (χ1v) is 9.85. The van der Waals surface area contributed by atoms with Gasteiger partial charge in [0.15, 0.2) is 0 Å². The average Bonchev–Trinajstić information content (AvgIpc) is 2.72. The highest BCUT2D eigenvalue weighted by atomic mass is 19.1. The zero-order valence-electron chi connectivity index (χ0n) is 16.9. The molecule has 1 fully saturated rings. The number of halogens is 1. The maximum Gasteiger partial charge on any atom is 0.249 e. The summed E-state index contributed by atoms with van der Waals surface area (Å²) in [6, 6.07) is 14.2. The van der Waals surface area contributed by atoms with Crippen molar-refractivity contribution in [3.63, 3.8) is 0 Å². The number of nitrogens with zero attached hydrogens (tertiary/aromatic N) is 1. The average molecular weight is 398 g/mol. The highest BCUT2D eigenvalue weighted by Crippen LogP contribution is 2.34. The molecule has 2 aromatic rings. The number of piperidine rings is 1. The molecule has 6 heteroatoms. The van der Waals surface area contributed by atoms with Crippen molar-refractivity contribution in [1.82, 2.24) is 10.2 Å². The summed E-state index contributed by atoms with van der Waals surface area (Å²) in [4.78, 5) is 27.1. The van der Waals surface area contributed by atoms with Gasteiger partial charge in [-0.2, -0.15) is 0 Å². The van der Waals surface area contributed by atoms with Crippen molar-refractivity contribution >= 4 is 11.8 Å². The fourth-order valence-electron chi connectivity index (χ4n) is 3.87. The van der Waals surface area contributed by atoms with Gasteiger partial charge in [-0.1, -0.05) is 42.0 Å². The molecule has 154 valence electrons. The van der Waals surface area contributed by atoms with Crippen LogP contribution in [0.15, 0.2) is 48.5 Å². The molecule has 1 heterocycles. The third kappa shape index (κ3) is 5.41. The van der Waals surface area contributed by atoms with Crippen LogP contribution in [0, 0.1) is 18.7 Å². The molecular formula is C23H27FN2O3. The number of methoxy groups -OCH3 is 1. The summed E-state index contributed by atoms with van der Waals surface area (Å²) in [7, 11) is 1.49. The van der Waals surface area contributed by atoms with Crippen LogP contribution in [-0.2, 0) is 20.9 Å². The number of hydrogen-bond donors (Lipinski definition) is 1. The van der Waals surface area contributed by atoms with E-state index in [0.717, 1.165) is 11.1 Å². The summed E-state index contributed by atoms with van der Waals surface area (Å²) in [6.07, 6.45) is 1.39. The summed E-state index contributed by atoms with van der Waals surface area (Å²) >= 11 is 0. The van der Waals surface area contributed by atoms with Gasteiger partial charge in [0, 0.05) is 20.2 Å². The Morgan fingerprint density at radius 1 is 1.17 bits per heavy atom. The second-order valence-electron chi connectivity index (χ2n) is 7.53. The first-order valence-electron chi connectivity index (χ1n) is 9.85. The van der Waals surface area contributed by atoms with Gasteiger partial charge >= 0.3 is 0 Å². The second-order valence-corrected chi connectivity index (χ2v) is 7.53. The summed E-state index contributed by atoms with van der Waals surface area (Å²) < 4.78 is 18.4. The third-order valence-corrected chi connectivity index (χ3v) is 5.32. The second kappa shape index (κ2) is 9.65. The van der Waals surface area contributed by atoms with Crippen LogP contribution in [0.1, 0.15) is 35.6 Å². The molecule has 1 N–H and O–H groups in total. The SMILES string of the molecule is COCC(=O)N1CC(C(=O)NCc2cccc(F)c2)CCC1c1cccc(C)c1. The molecule has 1 aliphatic rings. The molecule has 0 bridgehead atoms. The first kappa shape index (κ1) is 21.0. The number of amides is 2. The van der Waals surface area contributed by atoms with Gasteiger partial charge in [-0.25, -0.2) is 4.39 Å². The van der Waals surface area contributed by atoms with Gasteiger partial charge in [-0.05, 0) is 43.0 Å². The van der Waals surface area contributed by atoms with Crippen LogP contribution < -0.4 is 5.32 Å². The van der Waals surface area contributed by atoms with E-state index in [0.29, 0.717) is 24.9 Å². The van der Waals surface area contributed by atoms with Gasteiger partial charge < -0.3 is 15.0 Å². The maximum absolute atomic E-state index is 13.3. The number of benzene rings is 2. The highest BCUT2D eigenvalue weighted by Gasteiger charge is 2.35. The van der Waals surface area contributed by atoms with Crippen LogP contribution in [-0.4, -0.2) is 37.0 Å². The molecule has 0 aliphatic carbocycles. The third-order valence-electron chi connectivity index (χ3n) is 5.32. The number of carbonyl (C=O) groups is 2. The Balaban J connectivity index is 1.69. The van der Waals surface area contributed by atoms with Gasteiger partial charge in [0.2, 0.25) is 11.8 Å². The Morgan fingerprint density at radius 3 is 2.69 bits per heavy atom. The molecule has 3 rings (SSSR count). The molecule has 2 unspecified atom stereocenters. The van der Waals surface area contributed by atoms with Crippen LogP contribution in [0.2, 0.25) is 0 Å². The van der Waals surface area contributed by atoms with E-state index in [9.17, 15) is 14.0 Å². The quantitative estimate of drug-likeness (QED) is 0.812. The number of ether oxygens (including phenoxy) is 1. The Kier molecular flexibility index (Phi) is 6.99. The van der Waals surface area contributed by atoms with Gasteiger partial charge in [-0.15, -0.1) is 0 Å². The Labute approximate surface area is 170 Å². The van der Waals surface area contributed by atoms with E-state index in [4.69, 9.17) is 4.74 Å². The van der Waals surface area contributed by atoms with Crippen LogP contribution in [0.25, 0.3) is 0 Å². The Hall–Kier alpha value is -2.73. The van der Waals surface area contributed by atoms with Gasteiger partial charge in [0.05, 0.1) is 12.0 Å². The van der Waals surface area contributed by atoms with E-state index in [1.807, 2.05) is 25.1 Å². The van der Waals surface area contributed by atoms with Crippen molar-refractivity contribution in [2.24, 2.45) is 5.92 Å². The smallest absolute Gasteiger partial charge is 0.249 e. The topological polar surface area (TPSA) is 58.6 Å². The lowest BCUT2D eigenvalue weighted by Gasteiger charge is -2.39. The van der Waals surface area contributed by atoms with Crippen LogP contribution >= 0.6 is 0 Å². The van der Waals surface area contributed by atoms with Gasteiger partial charge in [0.1, 0.15) is 12.4 Å². The van der Waals surface area contributed by atoms with Crippen molar-refractivity contribution in [3.05, 3.63) is 71.0 Å². The zero-order chi connectivity index (χ0) is 20.8. The van der Waals surface area contributed by atoms with Crippen molar-refractivity contribution < 1.29 is 18.7 Å². The van der Waals surface area contributed by atoms with Crippen molar-refractivity contribution in [2.75, 3.05) is 20.3 Å². The summed E-state index contributed by atoms with van der Waals surface area (Å²) in [5.41, 5.74) is 2.92. The molecule has 2 amide bonds. The molecule has 29 heavy (non-hydrogen) atoms. The number of nitrogens with one attached hydrogen (secondary N) is 1. The molecule has 5 nitrogen and oxygen atoms in total. The van der Waals surface area contributed by atoms with E-state index in [2.05, 4.69) is 11.4 Å². The van der Waals surface area contributed by atoms with E-state index < -0.39 is 0 Å². The standard InChI is InChI=1S/C23H27FN2O3/c1-16-5-3-7-18(11-16)21-10-9-19(14-26(21)22(27)15-29-2)23(28)25-13-17-6-4-8-20(24)12-17/h3-8,11-12,19,21H,9-10,13-15H2,1-2H3,(H,25,28). The highest BCUT2D eigenvalue weighted by molar-refractivity contribution is 5.82. The van der Waals surface area contributed by atoms with E-state index in [1.165, 1.54) is 19.2 Å².